The third-order valence-electron chi connectivity index (χ3n) is 6.00. The highest BCUT2D eigenvalue weighted by Crippen LogP contribution is 2.39. The summed E-state index contributed by atoms with van der Waals surface area (Å²) in [6, 6.07) is 3.31. The molecule has 0 bridgehead atoms. The highest BCUT2D eigenvalue weighted by molar-refractivity contribution is 5.96. The lowest BCUT2D eigenvalue weighted by Crippen LogP contribution is -2.34. The van der Waals surface area contributed by atoms with E-state index in [4.69, 9.17) is 14.2 Å². The molecule has 1 amide bonds. The Morgan fingerprint density at radius 2 is 1.65 bits per heavy atom. The van der Waals surface area contributed by atoms with Crippen LogP contribution >= 0.6 is 0 Å². The number of aryl methyl sites for hydroxylation is 1. The Kier molecular flexibility index (Phi) is 5.47. The molecule has 2 aliphatic rings. The van der Waals surface area contributed by atoms with Crippen LogP contribution in [0.3, 0.4) is 0 Å². The number of ether oxygens (including phenoxy) is 3. The summed E-state index contributed by atoms with van der Waals surface area (Å²) in [7, 11) is 4.53. The molecule has 0 aliphatic carbocycles. The molecule has 166 valence electrons. The lowest BCUT2D eigenvalue weighted by molar-refractivity contribution is 0.0781. The first-order valence-electron chi connectivity index (χ1n) is 9.96. The number of benzene rings is 1. The first kappa shape index (κ1) is 21.0. The molecule has 2 atom stereocenters. The van der Waals surface area contributed by atoms with Gasteiger partial charge in [0.2, 0.25) is 17.5 Å². The minimum absolute atomic E-state index is 0.0787. The van der Waals surface area contributed by atoms with Gasteiger partial charge in [0.1, 0.15) is 0 Å². The summed E-state index contributed by atoms with van der Waals surface area (Å²) >= 11 is 0. The summed E-state index contributed by atoms with van der Waals surface area (Å²) in [5, 5.41) is 0. The fraction of sp³-hybridized carbons (Fsp3) is 0.476. The summed E-state index contributed by atoms with van der Waals surface area (Å²) in [5.74, 6) is 1.18. The van der Waals surface area contributed by atoms with Gasteiger partial charge in [-0.15, -0.1) is 0 Å². The molecule has 2 aromatic rings. The van der Waals surface area contributed by atoms with E-state index in [1.165, 1.54) is 28.3 Å². The molecule has 0 spiro atoms. The molecule has 4 rings (SSSR count). The van der Waals surface area contributed by atoms with Crippen molar-refractivity contribution in [3.8, 4) is 17.2 Å². The van der Waals surface area contributed by atoms with E-state index in [-0.39, 0.29) is 23.4 Å². The number of rotatable bonds is 5. The van der Waals surface area contributed by atoms with Crippen LogP contribution in [0.4, 0.5) is 10.3 Å². The molecule has 3 heterocycles. The van der Waals surface area contributed by atoms with Crippen LogP contribution in [0.2, 0.25) is 0 Å². The molecule has 1 aromatic carbocycles. The van der Waals surface area contributed by atoms with E-state index in [0.717, 1.165) is 0 Å². The molecular formula is C21H25FN4O5. The van der Waals surface area contributed by atoms with Gasteiger partial charge in [-0.3, -0.25) is 14.6 Å². The van der Waals surface area contributed by atoms with Crippen LogP contribution in [0.25, 0.3) is 0 Å². The van der Waals surface area contributed by atoms with Crippen molar-refractivity contribution in [1.82, 2.24) is 14.9 Å². The first-order valence-corrected chi connectivity index (χ1v) is 9.96. The molecule has 2 fully saturated rings. The maximum absolute atomic E-state index is 13.6. The monoisotopic (exact) mass is 432 g/mol. The van der Waals surface area contributed by atoms with Gasteiger partial charge in [-0.05, 0) is 19.1 Å². The fourth-order valence-electron chi connectivity index (χ4n) is 4.43. The van der Waals surface area contributed by atoms with E-state index >= 15 is 0 Å². The highest BCUT2D eigenvalue weighted by atomic mass is 19.1. The number of H-pyrrole nitrogens is 1. The number of carbonyl (C=O) groups is 1. The van der Waals surface area contributed by atoms with E-state index in [9.17, 15) is 14.0 Å². The molecule has 1 aromatic heterocycles. The van der Waals surface area contributed by atoms with Gasteiger partial charge in [0.15, 0.2) is 11.5 Å². The average molecular weight is 432 g/mol. The van der Waals surface area contributed by atoms with Crippen molar-refractivity contribution in [2.45, 2.75) is 6.92 Å². The number of nitrogens with one attached hydrogen (secondary N) is 1. The van der Waals surface area contributed by atoms with Gasteiger partial charge >= 0.3 is 0 Å². The molecule has 10 heteroatoms. The predicted octanol–water partition coefficient (Wildman–Crippen LogP) is 1.45. The van der Waals surface area contributed by atoms with Gasteiger partial charge in [0.05, 0.1) is 27.0 Å². The number of carbonyl (C=O) groups excluding carboxylic acids is 1. The number of fused-ring (bicyclic) bond motifs is 1. The quantitative estimate of drug-likeness (QED) is 0.764. The summed E-state index contributed by atoms with van der Waals surface area (Å²) in [6.07, 6.45) is 0. The zero-order valence-corrected chi connectivity index (χ0v) is 17.9. The van der Waals surface area contributed by atoms with Gasteiger partial charge in [0.25, 0.3) is 11.5 Å². The standard InChI is InChI=1S/C21H25FN4O5/c1-11-17(22)19(27)24-21(23-11)26-9-13-7-25(8-14(13)10-26)20(28)12-5-15(29-2)18(31-4)16(6-12)30-3/h5-6,13-14H,7-10H2,1-4H3,(H,23,24,27). The number of anilines is 1. The van der Waals surface area contributed by atoms with E-state index in [1.54, 1.807) is 12.1 Å². The normalized spacial score (nSPS) is 20.0. The zero-order valence-electron chi connectivity index (χ0n) is 17.9. The molecule has 0 saturated carbocycles. The van der Waals surface area contributed by atoms with Crippen molar-refractivity contribution in [3.63, 3.8) is 0 Å². The van der Waals surface area contributed by atoms with Crippen molar-refractivity contribution in [2.75, 3.05) is 52.4 Å². The number of halogens is 1. The van der Waals surface area contributed by atoms with Gasteiger partial charge < -0.3 is 24.0 Å². The Bertz CT molecular complexity index is 1030. The Balaban J connectivity index is 1.49. The maximum atomic E-state index is 13.6. The number of hydrogen-bond donors (Lipinski definition) is 1. The van der Waals surface area contributed by atoms with Crippen molar-refractivity contribution >= 4 is 11.9 Å². The van der Waals surface area contributed by atoms with Gasteiger partial charge in [0, 0.05) is 43.6 Å². The van der Waals surface area contributed by atoms with E-state index in [0.29, 0.717) is 54.9 Å². The number of hydrogen-bond acceptors (Lipinski definition) is 7. The first-order chi connectivity index (χ1) is 14.9. The number of aromatic amines is 1. The number of likely N-dealkylation sites (tertiary alicyclic amines) is 1. The van der Waals surface area contributed by atoms with Crippen molar-refractivity contribution in [3.05, 3.63) is 39.6 Å². The largest absolute Gasteiger partial charge is 0.493 e. The van der Waals surface area contributed by atoms with Crippen LogP contribution in [0, 0.1) is 24.6 Å². The fourth-order valence-corrected chi connectivity index (χ4v) is 4.43. The lowest BCUT2D eigenvalue weighted by atomic mass is 10.0. The molecule has 2 unspecified atom stereocenters. The summed E-state index contributed by atoms with van der Waals surface area (Å²) in [6.45, 7) is 3.92. The highest BCUT2D eigenvalue weighted by Gasteiger charge is 2.42. The van der Waals surface area contributed by atoms with Gasteiger partial charge in [-0.2, -0.15) is 4.39 Å². The average Bonchev–Trinajstić information content (AvgIpc) is 3.35. The number of nitrogens with zero attached hydrogens (tertiary/aromatic N) is 3. The number of amides is 1. The third-order valence-corrected chi connectivity index (χ3v) is 6.00. The summed E-state index contributed by atoms with van der Waals surface area (Å²) in [5.41, 5.74) is -0.222. The maximum Gasteiger partial charge on any atom is 0.288 e. The minimum atomic E-state index is -0.856. The Hall–Kier alpha value is -3.30. The summed E-state index contributed by atoms with van der Waals surface area (Å²) in [4.78, 5) is 35.3. The molecule has 2 aliphatic heterocycles. The van der Waals surface area contributed by atoms with Crippen LogP contribution < -0.4 is 24.7 Å². The molecule has 1 N–H and O–H groups in total. The van der Waals surface area contributed by atoms with E-state index in [1.807, 2.05) is 9.80 Å². The minimum Gasteiger partial charge on any atom is -0.493 e. The topological polar surface area (TPSA) is 97.0 Å². The molecule has 9 nitrogen and oxygen atoms in total. The van der Waals surface area contributed by atoms with Crippen LogP contribution in [-0.4, -0.2) is 68.3 Å². The molecular weight excluding hydrogens is 407 g/mol. The van der Waals surface area contributed by atoms with Crippen molar-refractivity contribution < 1.29 is 23.4 Å². The predicted molar refractivity (Wildman–Crippen MR) is 111 cm³/mol. The number of methoxy groups -OCH3 is 3. The lowest BCUT2D eigenvalue weighted by Gasteiger charge is -2.23. The molecule has 0 radical (unpaired) electrons. The Morgan fingerprint density at radius 1 is 1.06 bits per heavy atom. The Morgan fingerprint density at radius 3 is 2.13 bits per heavy atom. The summed E-state index contributed by atoms with van der Waals surface area (Å²) < 4.78 is 29.6. The van der Waals surface area contributed by atoms with E-state index < -0.39 is 11.4 Å². The van der Waals surface area contributed by atoms with Crippen molar-refractivity contribution in [2.24, 2.45) is 11.8 Å². The molecule has 31 heavy (non-hydrogen) atoms. The zero-order chi connectivity index (χ0) is 22.3. The third kappa shape index (κ3) is 3.66. The second-order valence-corrected chi connectivity index (χ2v) is 7.84. The van der Waals surface area contributed by atoms with Crippen molar-refractivity contribution in [1.29, 1.82) is 0 Å². The molecule has 2 saturated heterocycles. The van der Waals surface area contributed by atoms with Crippen LogP contribution in [0.15, 0.2) is 16.9 Å². The number of aromatic nitrogens is 2. The van der Waals surface area contributed by atoms with Crippen LogP contribution in [0.5, 0.6) is 17.2 Å². The SMILES string of the molecule is COc1cc(C(=O)N2CC3CN(c4nc(C)c(F)c(=O)[nH]4)CC3C2)cc(OC)c1OC. The van der Waals surface area contributed by atoms with Crippen LogP contribution in [-0.2, 0) is 0 Å². The van der Waals surface area contributed by atoms with Crippen LogP contribution in [0.1, 0.15) is 16.1 Å². The smallest absolute Gasteiger partial charge is 0.288 e. The van der Waals surface area contributed by atoms with Gasteiger partial charge in [-0.25, -0.2) is 4.98 Å². The second kappa shape index (κ2) is 8.09. The second-order valence-electron chi connectivity index (χ2n) is 7.84. The van der Waals surface area contributed by atoms with Gasteiger partial charge in [-0.1, -0.05) is 0 Å². The van der Waals surface area contributed by atoms with E-state index in [2.05, 4.69) is 9.97 Å². The Labute approximate surface area is 178 Å².